The lowest BCUT2D eigenvalue weighted by atomic mass is 10.0. The van der Waals surface area contributed by atoms with Crippen molar-refractivity contribution < 1.29 is 0 Å². The number of para-hydroxylation sites is 1. The van der Waals surface area contributed by atoms with Crippen molar-refractivity contribution >= 4 is 16.4 Å². The van der Waals surface area contributed by atoms with Gasteiger partial charge in [-0.2, -0.15) is 0 Å². The van der Waals surface area contributed by atoms with Crippen LogP contribution in [0.4, 0.5) is 0 Å². The average molecular weight is 246 g/mol. The number of rotatable bonds is 1. The Kier molecular flexibility index (Phi) is 2.12. The first-order chi connectivity index (χ1) is 9.38. The minimum absolute atomic E-state index is 1.02. The maximum absolute atomic E-state index is 4.83. The van der Waals surface area contributed by atoms with E-state index in [2.05, 4.69) is 60.1 Å². The second-order valence-corrected chi connectivity index (χ2v) is 4.85. The van der Waals surface area contributed by atoms with Gasteiger partial charge in [-0.1, -0.05) is 31.2 Å². The van der Waals surface area contributed by atoms with Crippen molar-refractivity contribution in [2.45, 2.75) is 13.3 Å². The number of nitrogens with zero attached hydrogens (tertiary/aromatic N) is 2. The summed E-state index contributed by atoms with van der Waals surface area (Å²) in [5.41, 5.74) is 6.02. The van der Waals surface area contributed by atoms with Gasteiger partial charge in [-0.05, 0) is 30.2 Å². The van der Waals surface area contributed by atoms with E-state index in [1.807, 2.05) is 6.07 Å². The van der Waals surface area contributed by atoms with E-state index in [4.69, 9.17) is 4.98 Å². The molecule has 0 spiro atoms. The van der Waals surface area contributed by atoms with Gasteiger partial charge in [-0.25, -0.2) is 4.98 Å². The van der Waals surface area contributed by atoms with Crippen molar-refractivity contribution in [3.63, 3.8) is 0 Å². The fraction of sp³-hybridized carbons (Fsp3) is 0.118. The van der Waals surface area contributed by atoms with E-state index in [1.165, 1.54) is 22.0 Å². The Balaban J connectivity index is 2.24. The highest BCUT2D eigenvalue weighted by Crippen LogP contribution is 2.34. The zero-order valence-corrected chi connectivity index (χ0v) is 10.8. The molecule has 2 aromatic rings. The minimum Gasteiger partial charge on any atom is -0.322 e. The average Bonchev–Trinajstić information content (AvgIpc) is 2.85. The number of aryl methyl sites for hydroxylation is 1. The molecule has 0 atom stereocenters. The van der Waals surface area contributed by atoms with Crippen LogP contribution in [-0.4, -0.2) is 9.38 Å². The Bertz CT molecular complexity index is 858. The second-order valence-electron chi connectivity index (χ2n) is 4.85. The van der Waals surface area contributed by atoms with Crippen LogP contribution in [0.25, 0.3) is 27.7 Å². The quantitative estimate of drug-likeness (QED) is 0.493. The van der Waals surface area contributed by atoms with Crippen LogP contribution in [0, 0.1) is 0 Å². The summed E-state index contributed by atoms with van der Waals surface area (Å²) in [6, 6.07) is 14.8. The fourth-order valence-electron chi connectivity index (χ4n) is 2.87. The molecule has 19 heavy (non-hydrogen) atoms. The van der Waals surface area contributed by atoms with Crippen molar-refractivity contribution in [1.82, 2.24) is 9.38 Å². The van der Waals surface area contributed by atoms with E-state index >= 15 is 0 Å². The van der Waals surface area contributed by atoms with Crippen molar-refractivity contribution in [2.24, 2.45) is 0 Å². The summed E-state index contributed by atoms with van der Waals surface area (Å²) in [4.78, 5) is 4.83. The molecule has 0 saturated carbocycles. The Morgan fingerprint density at radius 3 is 2.79 bits per heavy atom. The van der Waals surface area contributed by atoms with E-state index in [0.29, 0.717) is 0 Å². The standard InChI is InChI=1S/C17H14N2/c1-2-12-6-5-10-19-11-9-14-13-7-3-4-8-15(13)18-16(14)17(12)19/h3-11H,2H2,1H3. The molecule has 0 amide bonds. The molecule has 0 saturated heterocycles. The van der Waals surface area contributed by atoms with Gasteiger partial charge >= 0.3 is 0 Å². The maximum atomic E-state index is 4.83. The van der Waals surface area contributed by atoms with Crippen LogP contribution < -0.4 is 0 Å². The van der Waals surface area contributed by atoms with Crippen LogP contribution in [-0.2, 0) is 6.42 Å². The first-order valence-electron chi connectivity index (χ1n) is 6.65. The molecule has 2 nitrogen and oxygen atoms in total. The zero-order chi connectivity index (χ0) is 12.8. The third-order valence-corrected chi connectivity index (χ3v) is 3.80. The van der Waals surface area contributed by atoms with Crippen LogP contribution in [0.5, 0.6) is 0 Å². The van der Waals surface area contributed by atoms with Crippen LogP contribution in [0.1, 0.15) is 12.5 Å². The number of aromatic nitrogens is 2. The Labute approximate surface area is 111 Å². The molecule has 0 unspecified atom stereocenters. The molecule has 4 rings (SSSR count). The molecule has 1 aromatic carbocycles. The maximum Gasteiger partial charge on any atom is 0.0959 e. The molecule has 0 radical (unpaired) electrons. The Hall–Kier alpha value is -2.35. The molecule has 2 aliphatic heterocycles. The van der Waals surface area contributed by atoms with Gasteiger partial charge in [0.25, 0.3) is 0 Å². The first kappa shape index (κ1) is 10.6. The summed E-state index contributed by atoms with van der Waals surface area (Å²) in [6.07, 6.45) is 5.24. The third-order valence-electron chi connectivity index (χ3n) is 3.80. The molecule has 2 heteroatoms. The van der Waals surface area contributed by atoms with Gasteiger partial charge in [-0.15, -0.1) is 0 Å². The van der Waals surface area contributed by atoms with Gasteiger partial charge in [-0.3, -0.25) is 0 Å². The highest BCUT2D eigenvalue weighted by Gasteiger charge is 2.15. The summed E-state index contributed by atoms with van der Waals surface area (Å²) in [6.45, 7) is 2.19. The molecular formula is C17H14N2. The fourth-order valence-corrected chi connectivity index (χ4v) is 2.87. The largest absolute Gasteiger partial charge is 0.322 e. The minimum atomic E-state index is 1.02. The molecule has 0 aliphatic carbocycles. The zero-order valence-electron chi connectivity index (χ0n) is 10.8. The number of hydrogen-bond acceptors (Lipinski definition) is 1. The normalized spacial score (nSPS) is 11.6. The van der Waals surface area contributed by atoms with Crippen molar-refractivity contribution in [2.75, 3.05) is 0 Å². The van der Waals surface area contributed by atoms with Crippen molar-refractivity contribution in [3.05, 3.63) is 60.4 Å². The van der Waals surface area contributed by atoms with E-state index in [-0.39, 0.29) is 0 Å². The van der Waals surface area contributed by atoms with Gasteiger partial charge in [0.1, 0.15) is 0 Å². The predicted octanol–water partition coefficient (Wildman–Crippen LogP) is 4.15. The second kappa shape index (κ2) is 3.82. The highest BCUT2D eigenvalue weighted by atomic mass is 14.9. The molecule has 3 heterocycles. The lowest BCUT2D eigenvalue weighted by Gasteiger charge is -2.10. The summed E-state index contributed by atoms with van der Waals surface area (Å²) >= 11 is 0. The Morgan fingerprint density at radius 2 is 1.89 bits per heavy atom. The third kappa shape index (κ3) is 1.40. The number of benzene rings is 1. The highest BCUT2D eigenvalue weighted by molar-refractivity contribution is 6.02. The number of fused-ring (bicyclic) bond motifs is 5. The first-order valence-corrected chi connectivity index (χ1v) is 6.65. The van der Waals surface area contributed by atoms with Crippen LogP contribution in [0.15, 0.2) is 54.9 Å². The van der Waals surface area contributed by atoms with Crippen molar-refractivity contribution in [1.29, 1.82) is 0 Å². The molecule has 92 valence electrons. The SMILES string of the molecule is CCc1cccn2ccc3c4ccccc4nc-3c12. The predicted molar refractivity (Wildman–Crippen MR) is 78.7 cm³/mol. The van der Waals surface area contributed by atoms with Crippen LogP contribution >= 0.6 is 0 Å². The van der Waals surface area contributed by atoms with E-state index in [9.17, 15) is 0 Å². The van der Waals surface area contributed by atoms with Gasteiger partial charge in [0.2, 0.25) is 0 Å². The van der Waals surface area contributed by atoms with E-state index in [0.717, 1.165) is 17.6 Å². The molecule has 0 N–H and O–H groups in total. The lowest BCUT2D eigenvalue weighted by molar-refractivity contribution is 1.08. The number of pyridine rings is 2. The van der Waals surface area contributed by atoms with Crippen molar-refractivity contribution in [3.8, 4) is 11.3 Å². The topological polar surface area (TPSA) is 17.3 Å². The van der Waals surface area contributed by atoms with Gasteiger partial charge in [0.15, 0.2) is 0 Å². The van der Waals surface area contributed by atoms with E-state index in [1.54, 1.807) is 0 Å². The smallest absolute Gasteiger partial charge is 0.0959 e. The molecule has 1 aromatic heterocycles. The van der Waals surface area contributed by atoms with Crippen LogP contribution in [0.2, 0.25) is 0 Å². The summed E-state index contributed by atoms with van der Waals surface area (Å²) in [5, 5.41) is 1.24. The van der Waals surface area contributed by atoms with Gasteiger partial charge in [0, 0.05) is 23.3 Å². The van der Waals surface area contributed by atoms with Gasteiger partial charge in [0.05, 0.1) is 16.7 Å². The summed E-state index contributed by atoms with van der Waals surface area (Å²) in [5.74, 6) is 0. The molecule has 0 fully saturated rings. The summed E-state index contributed by atoms with van der Waals surface area (Å²) in [7, 11) is 0. The van der Waals surface area contributed by atoms with E-state index < -0.39 is 0 Å². The number of hydrogen-bond donors (Lipinski definition) is 0. The van der Waals surface area contributed by atoms with Gasteiger partial charge < -0.3 is 4.40 Å². The summed E-state index contributed by atoms with van der Waals surface area (Å²) < 4.78 is 2.17. The monoisotopic (exact) mass is 246 g/mol. The Morgan fingerprint density at radius 1 is 1.00 bits per heavy atom. The lowest BCUT2D eigenvalue weighted by Crippen LogP contribution is -1.96. The molecule has 2 aliphatic rings. The van der Waals surface area contributed by atoms with Crippen LogP contribution in [0.3, 0.4) is 0 Å². The molecule has 0 bridgehead atoms. The molecular weight excluding hydrogens is 232 g/mol.